The van der Waals surface area contributed by atoms with Gasteiger partial charge in [0.25, 0.3) is 0 Å². The van der Waals surface area contributed by atoms with Crippen LogP contribution in [0.4, 0.5) is 5.69 Å². The van der Waals surface area contributed by atoms with Crippen molar-refractivity contribution in [2.24, 2.45) is 0 Å². The molecule has 1 amide bonds. The zero-order chi connectivity index (χ0) is 21.6. The van der Waals surface area contributed by atoms with E-state index in [-0.39, 0.29) is 18.3 Å². The van der Waals surface area contributed by atoms with E-state index in [0.717, 1.165) is 24.6 Å². The number of anilines is 1. The quantitative estimate of drug-likeness (QED) is 0.212. The van der Waals surface area contributed by atoms with E-state index in [1.807, 2.05) is 6.92 Å². The summed E-state index contributed by atoms with van der Waals surface area (Å²) in [5.41, 5.74) is 7.17. The Hall–Kier alpha value is -2.48. The molecule has 2 rings (SSSR count). The minimum absolute atomic E-state index is 0.0214. The van der Waals surface area contributed by atoms with Gasteiger partial charge in [-0.1, -0.05) is 6.42 Å². The second-order valence-corrected chi connectivity index (χ2v) is 7.42. The molecule has 158 valence electrons. The molecule has 0 fully saturated rings. The average molecular weight is 421 g/mol. The van der Waals surface area contributed by atoms with Gasteiger partial charge >= 0.3 is 11.6 Å². The van der Waals surface area contributed by atoms with E-state index in [1.165, 1.54) is 7.11 Å². The Labute approximate surface area is 175 Å². The first-order chi connectivity index (χ1) is 13.8. The van der Waals surface area contributed by atoms with Crippen molar-refractivity contribution in [2.45, 2.75) is 50.8 Å². The van der Waals surface area contributed by atoms with Crippen molar-refractivity contribution in [1.29, 1.82) is 0 Å². The Morgan fingerprint density at radius 2 is 1.97 bits per heavy atom. The minimum atomic E-state index is -0.524. The highest BCUT2D eigenvalue weighted by atomic mass is 32.1. The number of fused-ring (bicyclic) bond motifs is 1. The van der Waals surface area contributed by atoms with Crippen LogP contribution in [0.15, 0.2) is 26.2 Å². The number of nitrogen functional groups attached to an aromatic ring is 1. The predicted molar refractivity (Wildman–Crippen MR) is 115 cm³/mol. The van der Waals surface area contributed by atoms with Gasteiger partial charge in [0.2, 0.25) is 5.91 Å². The van der Waals surface area contributed by atoms with Crippen molar-refractivity contribution in [2.75, 3.05) is 25.9 Å². The van der Waals surface area contributed by atoms with Gasteiger partial charge < -0.3 is 19.8 Å². The zero-order valence-electron chi connectivity index (χ0n) is 17.1. The number of esters is 1. The number of rotatable bonds is 9. The molecule has 0 spiro atoms. The second kappa shape index (κ2) is 10.3. The van der Waals surface area contributed by atoms with Crippen molar-refractivity contribution < 1.29 is 18.7 Å². The number of aryl methyl sites for hydroxylation is 1. The first-order valence-electron chi connectivity index (χ1n) is 9.67. The summed E-state index contributed by atoms with van der Waals surface area (Å²) in [6.07, 6.45) is 2.69. The third-order valence-corrected chi connectivity index (χ3v) is 5.42. The van der Waals surface area contributed by atoms with E-state index in [2.05, 4.69) is 17.4 Å². The maximum Gasteiger partial charge on any atom is 0.340 e. The van der Waals surface area contributed by atoms with Crippen LogP contribution in [-0.2, 0) is 20.7 Å². The van der Waals surface area contributed by atoms with Crippen molar-refractivity contribution >= 4 is 41.2 Å². The summed E-state index contributed by atoms with van der Waals surface area (Å²) in [5.74, 6) is -0.352. The number of hydrogen-bond donors (Lipinski definition) is 2. The second-order valence-electron chi connectivity index (χ2n) is 6.94. The molecule has 7 nitrogen and oxygen atoms in total. The fourth-order valence-electron chi connectivity index (χ4n) is 3.22. The van der Waals surface area contributed by atoms with Crippen LogP contribution in [0.25, 0.3) is 11.0 Å². The highest BCUT2D eigenvalue weighted by Gasteiger charge is 2.19. The molecule has 0 atom stereocenters. The van der Waals surface area contributed by atoms with Crippen LogP contribution in [0.3, 0.4) is 0 Å². The molecule has 1 heterocycles. The maximum atomic E-state index is 12.8. The number of unbranched alkanes of at least 4 members (excludes halogenated alkanes) is 2. The summed E-state index contributed by atoms with van der Waals surface area (Å²) >= 11 is 4.32. The molecular weight excluding hydrogens is 392 g/mol. The SMILES string of the molecule is CCN(CCCCCC(=O)OC)C(=O)Cc1c(C)c2cc(S)c(N)cc2oc1=O. The Kier molecular flexibility index (Phi) is 8.13. The van der Waals surface area contributed by atoms with E-state index in [9.17, 15) is 14.4 Å². The summed E-state index contributed by atoms with van der Waals surface area (Å²) in [7, 11) is 1.37. The number of ether oxygens (including phenoxy) is 1. The summed E-state index contributed by atoms with van der Waals surface area (Å²) < 4.78 is 10.0. The molecule has 0 saturated heterocycles. The molecule has 29 heavy (non-hydrogen) atoms. The highest BCUT2D eigenvalue weighted by molar-refractivity contribution is 7.80. The van der Waals surface area contributed by atoms with Gasteiger partial charge in [0, 0.05) is 41.5 Å². The fraction of sp³-hybridized carbons (Fsp3) is 0.476. The lowest BCUT2D eigenvalue weighted by Gasteiger charge is -2.21. The van der Waals surface area contributed by atoms with E-state index in [1.54, 1.807) is 24.0 Å². The minimum Gasteiger partial charge on any atom is -0.469 e. The van der Waals surface area contributed by atoms with Crippen molar-refractivity contribution in [1.82, 2.24) is 4.90 Å². The van der Waals surface area contributed by atoms with Crippen LogP contribution in [-0.4, -0.2) is 37.0 Å². The fourth-order valence-corrected chi connectivity index (χ4v) is 3.41. The molecule has 2 N–H and O–H groups in total. The van der Waals surface area contributed by atoms with Gasteiger partial charge in [-0.15, -0.1) is 12.6 Å². The standard InChI is InChI=1S/C21H28N2O5S/c1-4-23(9-7-5-6-8-20(25)27-3)19(24)11-15-13(2)14-10-18(29)16(22)12-17(14)28-21(15)26/h10,12,29H,4-9,11,22H2,1-3H3. The molecule has 0 bridgehead atoms. The number of benzene rings is 1. The lowest BCUT2D eigenvalue weighted by Crippen LogP contribution is -2.34. The molecule has 1 aromatic heterocycles. The molecule has 0 aliphatic heterocycles. The zero-order valence-corrected chi connectivity index (χ0v) is 18.0. The van der Waals surface area contributed by atoms with Crippen molar-refractivity contribution in [3.8, 4) is 0 Å². The molecule has 0 unspecified atom stereocenters. The number of nitrogens with two attached hydrogens (primary N) is 1. The Morgan fingerprint density at radius 3 is 2.62 bits per heavy atom. The highest BCUT2D eigenvalue weighted by Crippen LogP contribution is 2.27. The Balaban J connectivity index is 2.08. The third-order valence-electron chi connectivity index (χ3n) is 5.03. The summed E-state index contributed by atoms with van der Waals surface area (Å²) in [4.78, 5) is 38.7. The molecule has 0 radical (unpaired) electrons. The normalized spacial score (nSPS) is 10.9. The van der Waals surface area contributed by atoms with Gasteiger partial charge in [0.05, 0.1) is 19.1 Å². The first-order valence-corrected chi connectivity index (χ1v) is 10.1. The number of methoxy groups -OCH3 is 1. The van der Waals surface area contributed by atoms with Crippen LogP contribution in [0.1, 0.15) is 43.7 Å². The van der Waals surface area contributed by atoms with Gasteiger partial charge in [-0.3, -0.25) is 9.59 Å². The molecule has 1 aromatic carbocycles. The maximum absolute atomic E-state index is 12.8. The molecule has 2 aromatic rings. The molecule has 8 heteroatoms. The van der Waals surface area contributed by atoms with Gasteiger partial charge in [-0.25, -0.2) is 4.79 Å². The number of carbonyl (C=O) groups excluding carboxylic acids is 2. The Bertz CT molecular complexity index is 954. The smallest absolute Gasteiger partial charge is 0.340 e. The van der Waals surface area contributed by atoms with E-state index in [0.29, 0.717) is 46.8 Å². The van der Waals surface area contributed by atoms with Crippen LogP contribution in [0, 0.1) is 6.92 Å². The van der Waals surface area contributed by atoms with Crippen LogP contribution in [0.5, 0.6) is 0 Å². The number of amides is 1. The molecule has 0 aliphatic carbocycles. The number of carbonyl (C=O) groups is 2. The van der Waals surface area contributed by atoms with Crippen molar-refractivity contribution in [3.05, 3.63) is 33.7 Å². The first kappa shape index (κ1) is 22.8. The monoisotopic (exact) mass is 420 g/mol. The predicted octanol–water partition coefficient (Wildman–Crippen LogP) is 3.10. The Morgan fingerprint density at radius 1 is 1.24 bits per heavy atom. The molecule has 0 aliphatic rings. The van der Waals surface area contributed by atoms with Gasteiger partial charge in [0.15, 0.2) is 0 Å². The van der Waals surface area contributed by atoms with E-state index in [4.69, 9.17) is 10.2 Å². The number of likely N-dealkylation sites (N-methyl/N-ethyl adjacent to an activating group) is 1. The topological polar surface area (TPSA) is 103 Å². The van der Waals surface area contributed by atoms with Gasteiger partial charge in [-0.05, 0) is 38.3 Å². The van der Waals surface area contributed by atoms with Crippen LogP contribution < -0.4 is 11.4 Å². The lowest BCUT2D eigenvalue weighted by molar-refractivity contribution is -0.140. The van der Waals surface area contributed by atoms with Gasteiger partial charge in [-0.2, -0.15) is 0 Å². The van der Waals surface area contributed by atoms with E-state index >= 15 is 0 Å². The average Bonchev–Trinajstić information content (AvgIpc) is 2.69. The van der Waals surface area contributed by atoms with E-state index < -0.39 is 5.63 Å². The number of thiol groups is 1. The largest absolute Gasteiger partial charge is 0.469 e. The third kappa shape index (κ3) is 5.76. The summed E-state index contributed by atoms with van der Waals surface area (Å²) in [6, 6.07) is 3.32. The van der Waals surface area contributed by atoms with Crippen LogP contribution >= 0.6 is 12.6 Å². The number of hydrogen-bond acceptors (Lipinski definition) is 7. The number of nitrogens with zero attached hydrogens (tertiary/aromatic N) is 1. The summed E-state index contributed by atoms with van der Waals surface area (Å²) in [6.45, 7) is 4.82. The molecule has 0 saturated carbocycles. The van der Waals surface area contributed by atoms with Gasteiger partial charge in [0.1, 0.15) is 5.58 Å². The van der Waals surface area contributed by atoms with Crippen LogP contribution in [0.2, 0.25) is 0 Å². The lowest BCUT2D eigenvalue weighted by atomic mass is 10.0. The van der Waals surface area contributed by atoms with Crippen molar-refractivity contribution in [3.63, 3.8) is 0 Å². The summed E-state index contributed by atoms with van der Waals surface area (Å²) in [5, 5.41) is 0.720. The molecular formula is C21H28N2O5S.